The maximum atomic E-state index is 12.4. The van der Waals surface area contributed by atoms with Crippen molar-refractivity contribution in [2.24, 2.45) is 0 Å². The molecule has 0 saturated carbocycles. The summed E-state index contributed by atoms with van der Waals surface area (Å²) in [4.78, 5) is 20.6. The monoisotopic (exact) mass is 346 g/mol. The summed E-state index contributed by atoms with van der Waals surface area (Å²) in [5.74, 6) is 1.60. The largest absolute Gasteiger partial charge is 0.497 e. The lowest BCUT2D eigenvalue weighted by Gasteiger charge is -2.35. The van der Waals surface area contributed by atoms with Crippen molar-refractivity contribution in [3.8, 4) is 5.75 Å². The van der Waals surface area contributed by atoms with Gasteiger partial charge in [0.25, 0.3) is 0 Å². The van der Waals surface area contributed by atoms with Gasteiger partial charge in [0.15, 0.2) is 0 Å². The fourth-order valence-corrected chi connectivity index (χ4v) is 2.71. The van der Waals surface area contributed by atoms with Crippen LogP contribution in [0.5, 0.6) is 5.75 Å². The first-order valence-corrected chi connectivity index (χ1v) is 8.10. The van der Waals surface area contributed by atoms with E-state index < -0.39 is 0 Å². The first-order valence-electron chi connectivity index (χ1n) is 7.72. The Balaban J connectivity index is 1.55. The van der Waals surface area contributed by atoms with Crippen molar-refractivity contribution in [3.63, 3.8) is 0 Å². The van der Waals surface area contributed by atoms with Crippen LogP contribution in [0.4, 0.5) is 16.3 Å². The third-order valence-corrected chi connectivity index (χ3v) is 4.15. The second kappa shape index (κ2) is 7.40. The predicted octanol–water partition coefficient (Wildman–Crippen LogP) is 3.10. The Morgan fingerprint density at radius 1 is 1.21 bits per heavy atom. The molecule has 2 aromatic rings. The number of carbonyl (C=O) groups excluding carboxylic acids is 1. The Labute approximate surface area is 146 Å². The lowest BCUT2D eigenvalue weighted by atomic mass is 10.3. The van der Waals surface area contributed by atoms with Crippen molar-refractivity contribution < 1.29 is 9.53 Å². The summed E-state index contributed by atoms with van der Waals surface area (Å²) in [7, 11) is 1.60. The van der Waals surface area contributed by atoms with Gasteiger partial charge in [-0.3, -0.25) is 0 Å². The van der Waals surface area contributed by atoms with Crippen LogP contribution in [0.25, 0.3) is 0 Å². The molecule has 7 heteroatoms. The van der Waals surface area contributed by atoms with Crippen molar-refractivity contribution in [2.45, 2.75) is 0 Å². The zero-order chi connectivity index (χ0) is 16.9. The molecule has 1 aliphatic heterocycles. The molecular weight excluding hydrogens is 328 g/mol. The summed E-state index contributed by atoms with van der Waals surface area (Å²) in [6.45, 7) is 2.75. The summed E-state index contributed by atoms with van der Waals surface area (Å²) in [6.07, 6.45) is 1.64. The van der Waals surface area contributed by atoms with E-state index in [4.69, 9.17) is 16.3 Å². The van der Waals surface area contributed by atoms with Crippen LogP contribution in [0, 0.1) is 0 Å². The van der Waals surface area contributed by atoms with Crippen LogP contribution in [0.15, 0.2) is 42.6 Å². The van der Waals surface area contributed by atoms with E-state index in [-0.39, 0.29) is 6.03 Å². The summed E-state index contributed by atoms with van der Waals surface area (Å²) >= 11 is 5.86. The molecule has 3 rings (SSSR count). The lowest BCUT2D eigenvalue weighted by Crippen LogP contribution is -2.50. The second-order valence-corrected chi connectivity index (χ2v) is 5.91. The molecule has 0 aliphatic carbocycles. The molecule has 2 amide bonds. The zero-order valence-electron chi connectivity index (χ0n) is 13.4. The number of pyridine rings is 1. The maximum Gasteiger partial charge on any atom is 0.321 e. The maximum absolute atomic E-state index is 12.4. The average Bonchev–Trinajstić information content (AvgIpc) is 2.62. The van der Waals surface area contributed by atoms with Crippen molar-refractivity contribution in [3.05, 3.63) is 47.6 Å². The SMILES string of the molecule is COc1cccc(NC(=O)N2CCN(c3ccc(Cl)cn3)CC2)c1. The summed E-state index contributed by atoms with van der Waals surface area (Å²) in [6, 6.07) is 10.9. The quantitative estimate of drug-likeness (QED) is 0.927. The number of ether oxygens (including phenoxy) is 1. The van der Waals surface area contributed by atoms with Gasteiger partial charge in [-0.05, 0) is 24.3 Å². The van der Waals surface area contributed by atoms with Crippen molar-refractivity contribution in [1.29, 1.82) is 0 Å². The van der Waals surface area contributed by atoms with Crippen LogP contribution in [-0.4, -0.2) is 49.2 Å². The van der Waals surface area contributed by atoms with Crippen LogP contribution in [0.3, 0.4) is 0 Å². The minimum absolute atomic E-state index is 0.105. The number of nitrogens with one attached hydrogen (secondary N) is 1. The second-order valence-electron chi connectivity index (χ2n) is 5.47. The van der Waals surface area contributed by atoms with Gasteiger partial charge in [-0.25, -0.2) is 9.78 Å². The molecule has 1 aromatic carbocycles. The van der Waals surface area contributed by atoms with Gasteiger partial charge in [-0.1, -0.05) is 17.7 Å². The Morgan fingerprint density at radius 3 is 2.67 bits per heavy atom. The normalized spacial score (nSPS) is 14.4. The number of hydrogen-bond donors (Lipinski definition) is 1. The molecule has 0 radical (unpaired) electrons. The minimum atomic E-state index is -0.105. The van der Waals surface area contributed by atoms with Gasteiger partial charge in [0.2, 0.25) is 0 Å². The topological polar surface area (TPSA) is 57.7 Å². The number of anilines is 2. The summed E-state index contributed by atoms with van der Waals surface area (Å²) < 4.78 is 5.17. The molecule has 1 fully saturated rings. The Morgan fingerprint density at radius 2 is 2.00 bits per heavy atom. The molecule has 0 bridgehead atoms. The number of rotatable bonds is 3. The fourth-order valence-electron chi connectivity index (χ4n) is 2.60. The molecule has 24 heavy (non-hydrogen) atoms. The smallest absolute Gasteiger partial charge is 0.321 e. The van der Waals surface area contributed by atoms with Crippen molar-refractivity contribution >= 4 is 29.1 Å². The lowest BCUT2D eigenvalue weighted by molar-refractivity contribution is 0.208. The molecule has 1 saturated heterocycles. The van der Waals surface area contributed by atoms with E-state index in [2.05, 4.69) is 15.2 Å². The minimum Gasteiger partial charge on any atom is -0.497 e. The van der Waals surface area contributed by atoms with Crippen LogP contribution >= 0.6 is 11.6 Å². The number of methoxy groups -OCH3 is 1. The summed E-state index contributed by atoms with van der Waals surface area (Å²) in [5, 5.41) is 3.52. The van der Waals surface area contributed by atoms with E-state index in [0.717, 1.165) is 24.6 Å². The number of amides is 2. The van der Waals surface area contributed by atoms with Gasteiger partial charge < -0.3 is 19.9 Å². The molecular formula is C17H19ClN4O2. The number of nitrogens with zero attached hydrogens (tertiary/aromatic N) is 3. The van der Waals surface area contributed by atoms with Gasteiger partial charge in [-0.15, -0.1) is 0 Å². The van der Waals surface area contributed by atoms with E-state index in [9.17, 15) is 4.79 Å². The first-order chi connectivity index (χ1) is 11.7. The molecule has 0 spiro atoms. The highest BCUT2D eigenvalue weighted by Crippen LogP contribution is 2.19. The molecule has 1 aliphatic rings. The third kappa shape index (κ3) is 3.89. The highest BCUT2D eigenvalue weighted by Gasteiger charge is 2.22. The fraction of sp³-hybridized carbons (Fsp3) is 0.294. The molecule has 0 unspecified atom stereocenters. The van der Waals surface area contributed by atoms with Gasteiger partial charge in [0, 0.05) is 44.1 Å². The van der Waals surface area contributed by atoms with E-state index in [1.54, 1.807) is 24.3 Å². The van der Waals surface area contributed by atoms with Crippen molar-refractivity contribution in [2.75, 3.05) is 43.5 Å². The molecule has 0 atom stereocenters. The molecule has 1 N–H and O–H groups in total. The standard InChI is InChI=1S/C17H19ClN4O2/c1-24-15-4-2-3-14(11-15)20-17(23)22-9-7-21(8-10-22)16-6-5-13(18)12-19-16/h2-6,11-12H,7-10H2,1H3,(H,20,23). The number of piperazine rings is 1. The summed E-state index contributed by atoms with van der Waals surface area (Å²) in [5.41, 5.74) is 0.723. The Bertz CT molecular complexity index is 700. The number of benzene rings is 1. The zero-order valence-corrected chi connectivity index (χ0v) is 14.2. The predicted molar refractivity (Wildman–Crippen MR) is 95.0 cm³/mol. The van der Waals surface area contributed by atoms with Crippen molar-refractivity contribution in [1.82, 2.24) is 9.88 Å². The molecule has 6 nitrogen and oxygen atoms in total. The van der Waals surface area contributed by atoms with E-state index in [1.807, 2.05) is 30.3 Å². The van der Waals surface area contributed by atoms with Gasteiger partial charge >= 0.3 is 6.03 Å². The number of hydrogen-bond acceptors (Lipinski definition) is 4. The number of halogens is 1. The van der Waals surface area contributed by atoms with E-state index in [0.29, 0.717) is 23.9 Å². The number of aromatic nitrogens is 1. The third-order valence-electron chi connectivity index (χ3n) is 3.92. The number of urea groups is 1. The molecule has 2 heterocycles. The first kappa shape index (κ1) is 16.4. The van der Waals surface area contributed by atoms with Crippen LogP contribution in [0.2, 0.25) is 5.02 Å². The number of carbonyl (C=O) groups is 1. The van der Waals surface area contributed by atoms with E-state index in [1.165, 1.54) is 0 Å². The van der Waals surface area contributed by atoms with Gasteiger partial charge in [0.1, 0.15) is 11.6 Å². The molecule has 1 aromatic heterocycles. The highest BCUT2D eigenvalue weighted by molar-refractivity contribution is 6.30. The molecule has 126 valence electrons. The van der Waals surface area contributed by atoms with Crippen LogP contribution in [0.1, 0.15) is 0 Å². The Kier molecular flexibility index (Phi) is 5.05. The van der Waals surface area contributed by atoms with Crippen LogP contribution in [-0.2, 0) is 0 Å². The van der Waals surface area contributed by atoms with Gasteiger partial charge in [-0.2, -0.15) is 0 Å². The van der Waals surface area contributed by atoms with Crippen LogP contribution < -0.4 is 15.0 Å². The highest BCUT2D eigenvalue weighted by atomic mass is 35.5. The van der Waals surface area contributed by atoms with Gasteiger partial charge in [0.05, 0.1) is 12.1 Å². The average molecular weight is 347 g/mol. The Hall–Kier alpha value is -2.47. The van der Waals surface area contributed by atoms with E-state index >= 15 is 0 Å².